The molecule has 2 aromatic rings. The van der Waals surface area contributed by atoms with E-state index in [0.717, 1.165) is 11.1 Å². The summed E-state index contributed by atoms with van der Waals surface area (Å²) in [7, 11) is 0. The molecular weight excluding hydrogens is 302 g/mol. The van der Waals surface area contributed by atoms with E-state index < -0.39 is 12.2 Å². The van der Waals surface area contributed by atoms with Crippen LogP contribution in [-0.4, -0.2) is 23.1 Å². The minimum atomic E-state index is -3.74. The van der Waals surface area contributed by atoms with Crippen LogP contribution in [0.4, 0.5) is 8.78 Å². The van der Waals surface area contributed by atoms with Crippen molar-refractivity contribution in [2.24, 2.45) is 0 Å². The largest absolute Gasteiger partial charge is 0.487 e. The van der Waals surface area contributed by atoms with Crippen molar-refractivity contribution in [1.82, 2.24) is 0 Å². The summed E-state index contributed by atoms with van der Waals surface area (Å²) in [4.78, 5) is 11.3. The van der Waals surface area contributed by atoms with E-state index in [0.29, 0.717) is 5.56 Å². The van der Waals surface area contributed by atoms with Crippen molar-refractivity contribution in [3.05, 3.63) is 54.1 Å². The van der Waals surface area contributed by atoms with E-state index >= 15 is 0 Å². The Balaban J connectivity index is 2.17. The van der Waals surface area contributed by atoms with Crippen LogP contribution in [0.25, 0.3) is 11.1 Å². The number of carbonyl (C=O) groups is 1. The molecule has 0 atom stereocenters. The Hall–Kier alpha value is -1.98. The van der Waals surface area contributed by atoms with Crippen molar-refractivity contribution in [2.45, 2.75) is 5.57 Å². The van der Waals surface area contributed by atoms with E-state index in [1.165, 1.54) is 12.1 Å². The van der Waals surface area contributed by atoms with Gasteiger partial charge in [-0.05, 0) is 23.3 Å². The molecule has 0 aromatic heterocycles. The van der Waals surface area contributed by atoms with Crippen LogP contribution >= 0.6 is 11.6 Å². The molecule has 1 N–H and O–H groups in total. The van der Waals surface area contributed by atoms with Crippen molar-refractivity contribution >= 4 is 17.4 Å². The van der Waals surface area contributed by atoms with E-state index in [2.05, 4.69) is 16.3 Å². The summed E-state index contributed by atoms with van der Waals surface area (Å²) in [5, 5.41) is 8.76. The molecule has 0 aliphatic heterocycles. The lowest BCUT2D eigenvalue weighted by molar-refractivity contribution is -0.0964. The highest BCUT2D eigenvalue weighted by molar-refractivity contribution is 6.20. The average molecular weight is 313 g/mol. The van der Waals surface area contributed by atoms with Gasteiger partial charge in [-0.3, -0.25) is 4.79 Å². The third kappa shape index (κ3) is 4.24. The lowest BCUT2D eigenvalue weighted by atomic mass is 10.0. The molecule has 0 bridgehead atoms. The summed E-state index contributed by atoms with van der Waals surface area (Å²) in [6.45, 7) is -0.544. The summed E-state index contributed by atoms with van der Waals surface area (Å²) >= 11 is 4.68. The molecule has 0 radical (unpaired) electrons. The van der Waals surface area contributed by atoms with Crippen LogP contribution in [0.15, 0.2) is 48.5 Å². The molecule has 3 nitrogen and oxygen atoms in total. The molecular formula is C15H11ClF2O3. The molecule has 0 amide bonds. The van der Waals surface area contributed by atoms with Gasteiger partial charge in [0.25, 0.3) is 0 Å². The quantitative estimate of drug-likeness (QED) is 0.676. The zero-order valence-corrected chi connectivity index (χ0v) is 11.5. The zero-order valence-electron chi connectivity index (χ0n) is 10.7. The topological polar surface area (TPSA) is 46.5 Å². The van der Waals surface area contributed by atoms with Gasteiger partial charge in [-0.25, -0.2) is 0 Å². The van der Waals surface area contributed by atoms with Gasteiger partial charge in [-0.15, -0.1) is 8.78 Å². The second kappa shape index (κ2) is 6.20. The van der Waals surface area contributed by atoms with E-state index in [-0.39, 0.29) is 11.5 Å². The van der Waals surface area contributed by atoms with Crippen LogP contribution in [0.3, 0.4) is 0 Å². The highest BCUT2D eigenvalue weighted by Crippen LogP contribution is 2.27. The smallest absolute Gasteiger partial charge is 0.420 e. The van der Waals surface area contributed by atoms with Gasteiger partial charge in [-0.2, -0.15) is 0 Å². The number of benzene rings is 2. The first-order valence-electron chi connectivity index (χ1n) is 5.99. The molecule has 0 saturated carbocycles. The first-order chi connectivity index (χ1) is 9.89. The van der Waals surface area contributed by atoms with E-state index in [4.69, 9.17) is 5.11 Å². The monoisotopic (exact) mass is 312 g/mol. The lowest BCUT2D eigenvalue weighted by Gasteiger charge is -2.11. The molecule has 0 heterocycles. The maximum absolute atomic E-state index is 12.5. The number of Topliss-reactive ketones (excluding diaryl/α,β-unsaturated/α-hetero) is 1. The molecule has 0 saturated heterocycles. The molecule has 6 heteroatoms. The Morgan fingerprint density at radius 3 is 1.95 bits per heavy atom. The van der Waals surface area contributed by atoms with Crippen molar-refractivity contribution in [2.75, 3.05) is 6.61 Å². The predicted octanol–water partition coefficient (Wildman–Crippen LogP) is 3.70. The lowest BCUT2D eigenvalue weighted by Crippen LogP contribution is -2.15. The summed E-state index contributed by atoms with van der Waals surface area (Å²) in [6, 6.07) is 12.5. The standard InChI is InChI=1S/C15H11ClF2O3/c16-15(17,18)21-13-7-5-11(6-8-13)10-1-3-12(4-2-10)14(20)9-19/h1-8,19H,9H2. The molecule has 0 aliphatic rings. The number of ketones is 1. The third-order valence-electron chi connectivity index (χ3n) is 2.77. The first-order valence-corrected chi connectivity index (χ1v) is 6.37. The molecule has 21 heavy (non-hydrogen) atoms. The van der Waals surface area contributed by atoms with Crippen molar-refractivity contribution in [3.63, 3.8) is 0 Å². The summed E-state index contributed by atoms with van der Waals surface area (Å²) in [5.74, 6) is -0.416. The normalized spacial score (nSPS) is 11.2. The van der Waals surface area contributed by atoms with Crippen LogP contribution in [-0.2, 0) is 0 Å². The first kappa shape index (κ1) is 15.4. The Labute approximate surface area is 124 Å². The second-order valence-electron chi connectivity index (χ2n) is 4.23. The fourth-order valence-corrected chi connectivity index (χ4v) is 1.88. The van der Waals surface area contributed by atoms with Crippen LogP contribution in [0.1, 0.15) is 10.4 Å². The SMILES string of the molecule is O=C(CO)c1ccc(-c2ccc(OC(F)(F)Cl)cc2)cc1. The Bertz CT molecular complexity index is 619. The Morgan fingerprint density at radius 1 is 1.05 bits per heavy atom. The number of hydrogen-bond acceptors (Lipinski definition) is 3. The van der Waals surface area contributed by atoms with Gasteiger partial charge in [0.05, 0.1) is 0 Å². The second-order valence-corrected chi connectivity index (χ2v) is 4.67. The molecule has 0 spiro atoms. The van der Waals surface area contributed by atoms with Gasteiger partial charge in [0.1, 0.15) is 12.4 Å². The van der Waals surface area contributed by atoms with Gasteiger partial charge >= 0.3 is 5.57 Å². The zero-order chi connectivity index (χ0) is 15.5. The minimum absolute atomic E-state index is 0.0502. The van der Waals surface area contributed by atoms with Crippen molar-refractivity contribution in [1.29, 1.82) is 0 Å². The molecule has 0 aliphatic carbocycles. The number of hydrogen-bond donors (Lipinski definition) is 1. The summed E-state index contributed by atoms with van der Waals surface area (Å²) in [5.41, 5.74) is -1.77. The number of aliphatic hydroxyl groups is 1. The maximum atomic E-state index is 12.5. The van der Waals surface area contributed by atoms with Crippen LogP contribution < -0.4 is 4.74 Å². The molecule has 0 fully saturated rings. The van der Waals surface area contributed by atoms with Crippen molar-refractivity contribution in [3.8, 4) is 16.9 Å². The molecule has 110 valence electrons. The van der Waals surface area contributed by atoms with Gasteiger partial charge in [0.2, 0.25) is 0 Å². The van der Waals surface area contributed by atoms with Crippen LogP contribution in [0, 0.1) is 0 Å². The number of ether oxygens (including phenoxy) is 1. The maximum Gasteiger partial charge on any atom is 0.487 e. The summed E-state index contributed by atoms with van der Waals surface area (Å²) < 4.78 is 29.2. The predicted molar refractivity (Wildman–Crippen MR) is 74.7 cm³/mol. The van der Waals surface area contributed by atoms with E-state index in [1.807, 2.05) is 0 Å². The molecule has 0 unspecified atom stereocenters. The van der Waals surface area contributed by atoms with Crippen molar-refractivity contribution < 1.29 is 23.4 Å². The number of rotatable bonds is 5. The van der Waals surface area contributed by atoms with Crippen LogP contribution in [0.5, 0.6) is 5.75 Å². The fraction of sp³-hybridized carbons (Fsp3) is 0.133. The number of aliphatic hydroxyl groups excluding tert-OH is 1. The van der Waals surface area contributed by atoms with Crippen LogP contribution in [0.2, 0.25) is 0 Å². The van der Waals surface area contributed by atoms with E-state index in [1.54, 1.807) is 36.4 Å². The van der Waals surface area contributed by atoms with Gasteiger partial charge in [0.15, 0.2) is 5.78 Å². The number of carbonyl (C=O) groups excluding carboxylic acids is 1. The van der Waals surface area contributed by atoms with Gasteiger partial charge in [-0.1, -0.05) is 36.4 Å². The highest BCUT2D eigenvalue weighted by Gasteiger charge is 2.27. The Morgan fingerprint density at radius 2 is 1.52 bits per heavy atom. The number of alkyl halides is 3. The molecule has 2 aromatic carbocycles. The van der Waals surface area contributed by atoms with Gasteiger partial charge < -0.3 is 9.84 Å². The Kier molecular flexibility index (Phi) is 4.55. The summed E-state index contributed by atoms with van der Waals surface area (Å²) in [6.07, 6.45) is 0. The minimum Gasteiger partial charge on any atom is -0.420 e. The average Bonchev–Trinajstić information content (AvgIpc) is 2.46. The number of halogens is 3. The third-order valence-corrected chi connectivity index (χ3v) is 2.85. The fourth-order valence-electron chi connectivity index (χ4n) is 1.79. The van der Waals surface area contributed by atoms with E-state index in [9.17, 15) is 13.6 Å². The van der Waals surface area contributed by atoms with Gasteiger partial charge in [0, 0.05) is 17.2 Å². The highest BCUT2D eigenvalue weighted by atomic mass is 35.5. The molecule has 2 rings (SSSR count).